The summed E-state index contributed by atoms with van der Waals surface area (Å²) in [5.74, 6) is 2.26. The van der Waals surface area contributed by atoms with Gasteiger partial charge in [0.15, 0.2) is 17.5 Å². The number of likely N-dealkylation sites (tertiary alicyclic amines) is 1. The quantitative estimate of drug-likeness (QED) is 0.264. The summed E-state index contributed by atoms with van der Waals surface area (Å²) in [6.07, 6.45) is 4.80. The molecule has 0 saturated carbocycles. The van der Waals surface area contributed by atoms with E-state index in [4.69, 9.17) is 20.2 Å². The van der Waals surface area contributed by atoms with Gasteiger partial charge >= 0.3 is 0 Å². The lowest BCUT2D eigenvalue weighted by Crippen LogP contribution is -2.39. The predicted molar refractivity (Wildman–Crippen MR) is 125 cm³/mol. The van der Waals surface area contributed by atoms with E-state index in [9.17, 15) is 4.79 Å². The van der Waals surface area contributed by atoms with Crippen molar-refractivity contribution in [3.05, 3.63) is 23.8 Å². The fourth-order valence-electron chi connectivity index (χ4n) is 3.78. The lowest BCUT2D eigenvalue weighted by atomic mass is 9.96. The second kappa shape index (κ2) is 13.7. The highest BCUT2D eigenvalue weighted by molar-refractivity contribution is 5.79. The first-order valence-corrected chi connectivity index (χ1v) is 11.3. The number of guanidine groups is 1. The highest BCUT2D eigenvalue weighted by atomic mass is 16.5. The molecule has 0 unspecified atom stereocenters. The Morgan fingerprint density at radius 1 is 1.16 bits per heavy atom. The van der Waals surface area contributed by atoms with Crippen molar-refractivity contribution in [1.29, 1.82) is 0 Å². The number of methoxy groups -OCH3 is 2. The number of hydrogen-bond acceptors (Lipinski definition) is 5. The Kier molecular flexibility index (Phi) is 11.0. The smallest absolute Gasteiger partial charge is 0.220 e. The zero-order chi connectivity index (χ0) is 22.5. The van der Waals surface area contributed by atoms with Crippen LogP contribution in [0.4, 0.5) is 0 Å². The fourth-order valence-corrected chi connectivity index (χ4v) is 3.78. The molecule has 0 aromatic heterocycles. The summed E-state index contributed by atoms with van der Waals surface area (Å²) in [5.41, 5.74) is 6.58. The number of rotatable bonds is 12. The van der Waals surface area contributed by atoms with Gasteiger partial charge < -0.3 is 30.7 Å². The molecule has 8 nitrogen and oxygen atoms in total. The molecule has 1 aliphatic heterocycles. The average Bonchev–Trinajstić information content (AvgIpc) is 2.79. The molecule has 8 heteroatoms. The molecule has 1 heterocycles. The number of piperidine rings is 1. The van der Waals surface area contributed by atoms with Gasteiger partial charge in [-0.1, -0.05) is 6.07 Å². The van der Waals surface area contributed by atoms with E-state index in [1.54, 1.807) is 14.2 Å². The Balaban J connectivity index is 1.67. The largest absolute Gasteiger partial charge is 0.493 e. The number of carbonyl (C=O) groups excluding carboxylic acids is 1. The zero-order valence-corrected chi connectivity index (χ0v) is 19.3. The van der Waals surface area contributed by atoms with Gasteiger partial charge in [0, 0.05) is 25.6 Å². The number of unbranched alkanes of at least 4 members (excludes halogenated alkanes) is 1. The molecular formula is C23H39N5O3. The second-order valence-corrected chi connectivity index (χ2v) is 7.85. The van der Waals surface area contributed by atoms with Gasteiger partial charge in [0.25, 0.3) is 0 Å². The second-order valence-electron chi connectivity index (χ2n) is 7.85. The molecule has 31 heavy (non-hydrogen) atoms. The van der Waals surface area contributed by atoms with E-state index in [0.29, 0.717) is 0 Å². The van der Waals surface area contributed by atoms with Crippen LogP contribution in [-0.2, 0) is 11.2 Å². The summed E-state index contributed by atoms with van der Waals surface area (Å²) in [6, 6.07) is 6.00. The van der Waals surface area contributed by atoms with Gasteiger partial charge in [0.2, 0.25) is 5.91 Å². The van der Waals surface area contributed by atoms with Crippen molar-refractivity contribution in [2.75, 3.05) is 53.5 Å². The highest BCUT2D eigenvalue weighted by Crippen LogP contribution is 2.27. The summed E-state index contributed by atoms with van der Waals surface area (Å²) in [4.78, 5) is 18.4. The number of nitrogens with two attached hydrogens (primary N) is 1. The third-order valence-electron chi connectivity index (χ3n) is 5.64. The summed E-state index contributed by atoms with van der Waals surface area (Å²) < 4.78 is 10.7. The molecular weight excluding hydrogens is 394 g/mol. The number of benzene rings is 1. The maximum Gasteiger partial charge on any atom is 0.220 e. The van der Waals surface area contributed by atoms with Gasteiger partial charge in [-0.05, 0) is 76.4 Å². The molecule has 0 aliphatic carbocycles. The minimum atomic E-state index is -0.149. The first kappa shape index (κ1) is 24.8. The van der Waals surface area contributed by atoms with Crippen LogP contribution in [-0.4, -0.2) is 70.3 Å². The van der Waals surface area contributed by atoms with Gasteiger partial charge in [0.1, 0.15) is 0 Å². The normalized spacial score (nSPS) is 15.5. The number of hydrogen-bond donors (Lipinski definition) is 3. The van der Waals surface area contributed by atoms with Crippen LogP contribution in [0.1, 0.15) is 38.2 Å². The number of nitrogens with zero attached hydrogens (tertiary/aromatic N) is 2. The molecule has 0 atom stereocenters. The van der Waals surface area contributed by atoms with Crippen molar-refractivity contribution < 1.29 is 14.3 Å². The van der Waals surface area contributed by atoms with E-state index in [2.05, 4.69) is 28.5 Å². The first-order valence-electron chi connectivity index (χ1n) is 11.3. The van der Waals surface area contributed by atoms with Crippen LogP contribution in [0.2, 0.25) is 0 Å². The van der Waals surface area contributed by atoms with Crippen molar-refractivity contribution in [2.24, 2.45) is 16.6 Å². The molecule has 1 aliphatic rings. The maximum atomic E-state index is 11.3. The number of aliphatic imine (C=N–C) groups is 1. The lowest BCUT2D eigenvalue weighted by Gasteiger charge is -2.30. The Bertz CT molecular complexity index is 702. The lowest BCUT2D eigenvalue weighted by molar-refractivity contribution is -0.123. The zero-order valence-electron chi connectivity index (χ0n) is 19.3. The molecule has 4 N–H and O–H groups in total. The number of amides is 1. The van der Waals surface area contributed by atoms with Crippen LogP contribution in [0.3, 0.4) is 0 Å². The molecule has 1 aromatic carbocycles. The average molecular weight is 434 g/mol. The van der Waals surface area contributed by atoms with E-state index in [1.165, 1.54) is 5.56 Å². The number of ether oxygens (including phenoxy) is 2. The molecule has 1 fully saturated rings. The summed E-state index contributed by atoms with van der Waals surface area (Å²) in [7, 11) is 3.29. The Labute approximate surface area is 186 Å². The van der Waals surface area contributed by atoms with Crippen LogP contribution in [0, 0.1) is 5.92 Å². The van der Waals surface area contributed by atoms with Crippen LogP contribution < -0.4 is 25.8 Å². The van der Waals surface area contributed by atoms with E-state index in [1.807, 2.05) is 12.1 Å². The van der Waals surface area contributed by atoms with Crippen LogP contribution in [0.5, 0.6) is 11.5 Å². The van der Waals surface area contributed by atoms with Crippen molar-refractivity contribution in [3.63, 3.8) is 0 Å². The minimum Gasteiger partial charge on any atom is -0.493 e. The van der Waals surface area contributed by atoms with Crippen LogP contribution >= 0.6 is 0 Å². The SMILES string of the molecule is CCNC(=NCCCCN1CCC(C(N)=O)CC1)NCCc1ccc(OC)c(OC)c1. The van der Waals surface area contributed by atoms with Gasteiger partial charge in [-0.25, -0.2) is 0 Å². The minimum absolute atomic E-state index is 0.0635. The van der Waals surface area contributed by atoms with E-state index >= 15 is 0 Å². The molecule has 2 rings (SSSR count). The molecule has 1 saturated heterocycles. The highest BCUT2D eigenvalue weighted by Gasteiger charge is 2.22. The molecule has 1 aromatic rings. The standard InChI is InChI=1S/C23H39N5O3/c1-4-25-23(27-13-9-18-7-8-20(30-2)21(17-18)31-3)26-12-5-6-14-28-15-10-19(11-16-28)22(24)29/h7-8,17,19H,4-6,9-16H2,1-3H3,(H2,24,29)(H2,25,26,27). The van der Waals surface area contributed by atoms with Crippen molar-refractivity contribution >= 4 is 11.9 Å². The van der Waals surface area contributed by atoms with Gasteiger partial charge in [-0.15, -0.1) is 0 Å². The van der Waals surface area contributed by atoms with Crippen molar-refractivity contribution in [3.8, 4) is 11.5 Å². The number of nitrogens with one attached hydrogen (secondary N) is 2. The molecule has 0 bridgehead atoms. The first-order chi connectivity index (χ1) is 15.1. The Hall–Kier alpha value is -2.48. The van der Waals surface area contributed by atoms with Crippen molar-refractivity contribution in [2.45, 2.75) is 39.0 Å². The Morgan fingerprint density at radius 3 is 2.55 bits per heavy atom. The van der Waals surface area contributed by atoms with E-state index < -0.39 is 0 Å². The maximum absolute atomic E-state index is 11.3. The monoisotopic (exact) mass is 433 g/mol. The molecule has 174 valence electrons. The molecule has 1 amide bonds. The van der Waals surface area contributed by atoms with Gasteiger partial charge in [-0.3, -0.25) is 9.79 Å². The van der Waals surface area contributed by atoms with E-state index in [0.717, 1.165) is 88.8 Å². The van der Waals surface area contributed by atoms with Gasteiger partial charge in [0.05, 0.1) is 14.2 Å². The number of carbonyl (C=O) groups is 1. The fraction of sp³-hybridized carbons (Fsp3) is 0.652. The van der Waals surface area contributed by atoms with Crippen LogP contribution in [0.15, 0.2) is 23.2 Å². The predicted octanol–water partition coefficient (Wildman–Crippen LogP) is 1.78. The summed E-state index contributed by atoms with van der Waals surface area (Å²) in [5, 5.41) is 6.71. The molecule has 0 spiro atoms. The molecule has 0 radical (unpaired) electrons. The van der Waals surface area contributed by atoms with Gasteiger partial charge in [-0.2, -0.15) is 0 Å². The third kappa shape index (κ3) is 8.65. The van der Waals surface area contributed by atoms with Crippen molar-refractivity contribution in [1.82, 2.24) is 15.5 Å². The summed E-state index contributed by atoms with van der Waals surface area (Å²) >= 11 is 0. The number of primary amides is 1. The van der Waals surface area contributed by atoms with E-state index in [-0.39, 0.29) is 11.8 Å². The summed E-state index contributed by atoms with van der Waals surface area (Å²) in [6.45, 7) is 7.48. The Morgan fingerprint density at radius 2 is 1.90 bits per heavy atom. The topological polar surface area (TPSA) is 101 Å². The third-order valence-corrected chi connectivity index (χ3v) is 5.64. The van der Waals surface area contributed by atoms with Crippen LogP contribution in [0.25, 0.3) is 0 Å².